The molecule has 0 unspecified atom stereocenters. The molecule has 1 heterocycles. The fourth-order valence-electron chi connectivity index (χ4n) is 2.18. The summed E-state index contributed by atoms with van der Waals surface area (Å²) in [5.41, 5.74) is 3.65. The maximum atomic E-state index is 10.8. The molecular weight excluding hydrogens is 202 g/mol. The highest BCUT2D eigenvalue weighted by molar-refractivity contribution is 5.94. The number of carbonyl (C=O) groups is 1. The number of aromatic nitrogens is 1. The fourth-order valence-corrected chi connectivity index (χ4v) is 2.18. The Morgan fingerprint density at radius 1 is 1.38 bits per heavy atom. The Labute approximate surface area is 94.3 Å². The maximum Gasteiger partial charge on any atom is 0.0715 e. The van der Waals surface area contributed by atoms with E-state index in [1.54, 1.807) is 12.1 Å². The topological polar surface area (TPSA) is 45.1 Å². The summed E-state index contributed by atoms with van der Waals surface area (Å²) in [6.45, 7) is 7.04. The summed E-state index contributed by atoms with van der Waals surface area (Å²) >= 11 is 0. The van der Waals surface area contributed by atoms with Crippen LogP contribution in [-0.4, -0.2) is 10.5 Å². The van der Waals surface area contributed by atoms with Gasteiger partial charge in [-0.1, -0.05) is 6.07 Å². The van der Waals surface area contributed by atoms with Crippen LogP contribution in [0.1, 0.15) is 28.5 Å². The third-order valence-electron chi connectivity index (χ3n) is 3.19. The molecule has 0 fully saturated rings. The normalized spacial score (nSPS) is 10.9. The van der Waals surface area contributed by atoms with Crippen molar-refractivity contribution in [3.8, 4) is 0 Å². The van der Waals surface area contributed by atoms with E-state index < -0.39 is 5.97 Å². The molecule has 1 aromatic heterocycles. The van der Waals surface area contributed by atoms with Crippen LogP contribution >= 0.6 is 0 Å². The van der Waals surface area contributed by atoms with Gasteiger partial charge in [-0.3, -0.25) is 0 Å². The molecule has 84 valence electrons. The predicted octanol–water partition coefficient (Wildman–Crippen LogP) is 1.64. The summed E-state index contributed by atoms with van der Waals surface area (Å²) in [7, 11) is 0. The van der Waals surface area contributed by atoms with E-state index >= 15 is 0 Å². The zero-order chi connectivity index (χ0) is 11.9. The second kappa shape index (κ2) is 3.67. The monoisotopic (exact) mass is 216 g/mol. The molecule has 0 spiro atoms. The van der Waals surface area contributed by atoms with Crippen molar-refractivity contribution in [1.29, 1.82) is 0 Å². The van der Waals surface area contributed by atoms with Crippen LogP contribution in [0.2, 0.25) is 0 Å². The van der Waals surface area contributed by atoms with E-state index in [-0.39, 0.29) is 5.56 Å². The van der Waals surface area contributed by atoms with Crippen molar-refractivity contribution in [1.82, 2.24) is 4.57 Å². The molecule has 0 aliphatic carbocycles. The van der Waals surface area contributed by atoms with Crippen LogP contribution in [0.5, 0.6) is 0 Å². The van der Waals surface area contributed by atoms with Gasteiger partial charge in [0.05, 0.1) is 5.97 Å². The highest BCUT2D eigenvalue weighted by atomic mass is 16.4. The van der Waals surface area contributed by atoms with Gasteiger partial charge in [-0.25, -0.2) is 0 Å². The molecule has 0 aliphatic rings. The van der Waals surface area contributed by atoms with Crippen molar-refractivity contribution in [3.05, 3.63) is 35.0 Å². The number of aryl methyl sites for hydroxylation is 2. The third-order valence-corrected chi connectivity index (χ3v) is 3.19. The van der Waals surface area contributed by atoms with E-state index in [0.29, 0.717) is 0 Å². The number of aromatic carboxylic acids is 1. The summed E-state index contributed by atoms with van der Waals surface area (Å²) in [6, 6.07) is 5.14. The maximum absolute atomic E-state index is 10.8. The van der Waals surface area contributed by atoms with Crippen molar-refractivity contribution >= 4 is 16.9 Å². The van der Waals surface area contributed by atoms with Crippen molar-refractivity contribution in [3.63, 3.8) is 0 Å². The Morgan fingerprint density at radius 3 is 2.62 bits per heavy atom. The van der Waals surface area contributed by atoms with Gasteiger partial charge < -0.3 is 14.5 Å². The zero-order valence-corrected chi connectivity index (χ0v) is 9.70. The molecule has 1 aromatic carbocycles. The van der Waals surface area contributed by atoms with Crippen molar-refractivity contribution in [2.45, 2.75) is 27.3 Å². The molecule has 3 nitrogen and oxygen atoms in total. The van der Waals surface area contributed by atoms with Gasteiger partial charge in [0, 0.05) is 23.1 Å². The van der Waals surface area contributed by atoms with Crippen LogP contribution in [0.25, 0.3) is 10.9 Å². The van der Waals surface area contributed by atoms with Crippen molar-refractivity contribution < 1.29 is 9.90 Å². The summed E-state index contributed by atoms with van der Waals surface area (Å²) in [6.07, 6.45) is 0. The van der Waals surface area contributed by atoms with E-state index in [2.05, 4.69) is 18.4 Å². The molecule has 2 rings (SSSR count). The van der Waals surface area contributed by atoms with Gasteiger partial charge in [-0.2, -0.15) is 0 Å². The van der Waals surface area contributed by atoms with E-state index in [0.717, 1.165) is 23.0 Å². The molecule has 0 aliphatic heterocycles. The zero-order valence-electron chi connectivity index (χ0n) is 9.70. The number of rotatable bonds is 2. The van der Waals surface area contributed by atoms with E-state index in [4.69, 9.17) is 0 Å². The molecule has 3 heteroatoms. The van der Waals surface area contributed by atoms with Crippen LogP contribution in [0.3, 0.4) is 0 Å². The quantitative estimate of drug-likeness (QED) is 0.766. The van der Waals surface area contributed by atoms with Gasteiger partial charge in [-0.05, 0) is 44.0 Å². The standard InChI is InChI=1S/C13H15NO2/c1-4-14-9(3)8(2)11-7-10(13(15)16)5-6-12(11)14/h5-7H,4H2,1-3H3,(H,15,16)/p-1. The van der Waals surface area contributed by atoms with Gasteiger partial charge in [0.25, 0.3) is 0 Å². The lowest BCUT2D eigenvalue weighted by Gasteiger charge is -2.05. The van der Waals surface area contributed by atoms with E-state index in [1.807, 2.05) is 13.0 Å². The first-order valence-corrected chi connectivity index (χ1v) is 5.37. The summed E-state index contributed by atoms with van der Waals surface area (Å²) in [5, 5.41) is 11.8. The minimum atomic E-state index is -1.12. The van der Waals surface area contributed by atoms with Gasteiger partial charge in [-0.15, -0.1) is 0 Å². The fraction of sp³-hybridized carbons (Fsp3) is 0.308. The lowest BCUT2D eigenvalue weighted by molar-refractivity contribution is -0.255. The van der Waals surface area contributed by atoms with E-state index in [9.17, 15) is 9.90 Å². The van der Waals surface area contributed by atoms with Crippen LogP contribution in [0.15, 0.2) is 18.2 Å². The Kier molecular flexibility index (Phi) is 2.46. The number of carboxylic acids is 1. The highest BCUT2D eigenvalue weighted by Crippen LogP contribution is 2.25. The van der Waals surface area contributed by atoms with Crippen LogP contribution in [-0.2, 0) is 6.54 Å². The predicted molar refractivity (Wildman–Crippen MR) is 61.4 cm³/mol. The largest absolute Gasteiger partial charge is 0.545 e. The van der Waals surface area contributed by atoms with Crippen molar-refractivity contribution in [2.75, 3.05) is 0 Å². The van der Waals surface area contributed by atoms with Gasteiger partial charge in [0.15, 0.2) is 0 Å². The first-order valence-electron chi connectivity index (χ1n) is 5.37. The number of nitrogens with zero attached hydrogens (tertiary/aromatic N) is 1. The summed E-state index contributed by atoms with van der Waals surface area (Å²) in [5.74, 6) is -1.12. The SMILES string of the molecule is CCn1c(C)c(C)c2cc(C(=O)[O-])ccc21. The van der Waals surface area contributed by atoms with Gasteiger partial charge in [0.1, 0.15) is 0 Å². The minimum absolute atomic E-state index is 0.240. The molecule has 0 atom stereocenters. The average Bonchev–Trinajstić information content (AvgIpc) is 2.51. The minimum Gasteiger partial charge on any atom is -0.545 e. The third kappa shape index (κ3) is 1.40. The lowest BCUT2D eigenvalue weighted by Crippen LogP contribution is -2.21. The molecule has 0 radical (unpaired) electrons. The Morgan fingerprint density at radius 2 is 2.06 bits per heavy atom. The van der Waals surface area contributed by atoms with Gasteiger partial charge >= 0.3 is 0 Å². The molecule has 2 aromatic rings. The molecule has 0 saturated heterocycles. The molecule has 0 saturated carbocycles. The summed E-state index contributed by atoms with van der Waals surface area (Å²) in [4.78, 5) is 10.8. The Hall–Kier alpha value is -1.77. The van der Waals surface area contributed by atoms with E-state index in [1.165, 1.54) is 5.69 Å². The number of benzene rings is 1. The van der Waals surface area contributed by atoms with Crippen LogP contribution in [0.4, 0.5) is 0 Å². The second-order valence-electron chi connectivity index (χ2n) is 3.97. The van der Waals surface area contributed by atoms with Crippen LogP contribution in [0, 0.1) is 13.8 Å². The Balaban J connectivity index is 2.80. The Bertz CT molecular complexity index is 567. The first-order chi connectivity index (χ1) is 7.56. The first kappa shape index (κ1) is 10.7. The number of carbonyl (C=O) groups excluding carboxylic acids is 1. The number of hydrogen-bond acceptors (Lipinski definition) is 2. The van der Waals surface area contributed by atoms with Crippen molar-refractivity contribution in [2.24, 2.45) is 0 Å². The smallest absolute Gasteiger partial charge is 0.0715 e. The second-order valence-corrected chi connectivity index (χ2v) is 3.97. The van der Waals surface area contributed by atoms with Gasteiger partial charge in [0.2, 0.25) is 0 Å². The number of carboxylic acid groups (broad SMARTS) is 1. The number of hydrogen-bond donors (Lipinski definition) is 0. The molecule has 0 bridgehead atoms. The highest BCUT2D eigenvalue weighted by Gasteiger charge is 2.10. The molecule has 0 N–H and O–H groups in total. The average molecular weight is 216 g/mol. The van der Waals surface area contributed by atoms with Crippen LogP contribution < -0.4 is 5.11 Å². The number of fused-ring (bicyclic) bond motifs is 1. The summed E-state index contributed by atoms with van der Waals surface area (Å²) < 4.78 is 2.18. The lowest BCUT2D eigenvalue weighted by atomic mass is 10.1. The molecule has 16 heavy (non-hydrogen) atoms. The molecule has 0 amide bonds. The molecular formula is C13H14NO2-.